The van der Waals surface area contributed by atoms with E-state index < -0.39 is 57.0 Å². The summed E-state index contributed by atoms with van der Waals surface area (Å²) >= 11 is 0. The van der Waals surface area contributed by atoms with Crippen molar-refractivity contribution in [3.8, 4) is 6.01 Å². The molecule has 1 amide bonds. The summed E-state index contributed by atoms with van der Waals surface area (Å²) in [6, 6.07) is 2.27. The molecular weight excluding hydrogens is 425 g/mol. The lowest BCUT2D eigenvalue weighted by molar-refractivity contribution is -0.155. The van der Waals surface area contributed by atoms with Gasteiger partial charge in [0.25, 0.3) is 10.0 Å². The van der Waals surface area contributed by atoms with Crippen molar-refractivity contribution in [1.82, 2.24) is 19.1 Å². The highest BCUT2D eigenvalue weighted by Gasteiger charge is 2.31. The number of rotatable bonds is 5. The number of nitrogens with zero attached hydrogens (tertiary/aromatic N) is 3. The molecule has 1 aromatic carbocycles. The molecule has 0 saturated heterocycles. The Morgan fingerprint density at radius 3 is 2.45 bits per heavy atom. The van der Waals surface area contributed by atoms with E-state index >= 15 is 0 Å². The van der Waals surface area contributed by atoms with E-state index in [0.29, 0.717) is 4.57 Å². The number of halogens is 3. The number of amides is 1. The molecule has 0 atom stereocenters. The van der Waals surface area contributed by atoms with Gasteiger partial charge in [0.15, 0.2) is 6.61 Å². The summed E-state index contributed by atoms with van der Waals surface area (Å²) < 4.78 is 72.3. The van der Waals surface area contributed by atoms with Crippen molar-refractivity contribution in [2.75, 3.05) is 13.7 Å². The Labute approximate surface area is 160 Å². The van der Waals surface area contributed by atoms with Crippen molar-refractivity contribution in [1.29, 1.82) is 0 Å². The van der Waals surface area contributed by atoms with Crippen LogP contribution in [0.15, 0.2) is 34.0 Å². The molecule has 0 spiro atoms. The van der Waals surface area contributed by atoms with Crippen LogP contribution in [0.4, 0.5) is 18.0 Å². The monoisotopic (exact) mass is 438 g/mol. The number of sulfonamides is 1. The number of aromatic nitrogens is 3. The molecule has 15 heteroatoms. The summed E-state index contributed by atoms with van der Waals surface area (Å²) in [4.78, 5) is 35.2. The van der Waals surface area contributed by atoms with Crippen molar-refractivity contribution in [3.05, 3.63) is 40.3 Å². The van der Waals surface area contributed by atoms with Gasteiger partial charge in [0.1, 0.15) is 4.90 Å². The SMILES string of the molecule is COC(=O)c1ccccc1S(=O)(=O)NC(=O)n1nc(OCC(F)(F)F)n(C)c1=O. The van der Waals surface area contributed by atoms with Crippen LogP contribution in [0, 0.1) is 0 Å². The fourth-order valence-electron chi connectivity index (χ4n) is 2.02. The van der Waals surface area contributed by atoms with Crippen LogP contribution in [0.1, 0.15) is 10.4 Å². The summed E-state index contributed by atoms with van der Waals surface area (Å²) in [6.45, 7) is -1.79. The fourth-order valence-corrected chi connectivity index (χ4v) is 3.14. The Hall–Kier alpha value is -3.36. The standard InChI is InChI=1S/C14H13F3N4O7S/c1-20-12(28-7-14(15,16)17)18-21(13(20)24)11(23)19-29(25,26)9-6-4-3-5-8(9)10(22)27-2/h3-6H,7H2,1-2H3,(H,19,23). The van der Waals surface area contributed by atoms with Crippen LogP contribution in [0.5, 0.6) is 6.01 Å². The van der Waals surface area contributed by atoms with E-state index in [-0.39, 0.29) is 4.68 Å². The molecule has 11 nitrogen and oxygen atoms in total. The fraction of sp³-hybridized carbons (Fsp3) is 0.286. The van der Waals surface area contributed by atoms with Gasteiger partial charge in [-0.25, -0.2) is 32.1 Å². The molecule has 0 saturated carbocycles. The number of carbonyl (C=O) groups excluding carboxylic acids is 2. The van der Waals surface area contributed by atoms with Crippen LogP contribution in [0.25, 0.3) is 0 Å². The Kier molecular flexibility index (Phi) is 6.01. The molecule has 1 aromatic heterocycles. The number of ether oxygens (including phenoxy) is 2. The van der Waals surface area contributed by atoms with Gasteiger partial charge in [0.05, 0.1) is 12.7 Å². The van der Waals surface area contributed by atoms with Crippen molar-refractivity contribution >= 4 is 22.0 Å². The maximum Gasteiger partial charge on any atom is 0.422 e. The van der Waals surface area contributed by atoms with Crippen molar-refractivity contribution in [3.63, 3.8) is 0 Å². The molecule has 0 aliphatic heterocycles. The average Bonchev–Trinajstić information content (AvgIpc) is 2.93. The highest BCUT2D eigenvalue weighted by Crippen LogP contribution is 2.17. The number of methoxy groups -OCH3 is 1. The second-order valence-corrected chi connectivity index (χ2v) is 6.99. The van der Waals surface area contributed by atoms with Crippen LogP contribution in [0.3, 0.4) is 0 Å². The molecule has 0 aliphatic rings. The second kappa shape index (κ2) is 7.94. The summed E-state index contributed by atoms with van der Waals surface area (Å²) in [5.74, 6) is -1.00. The van der Waals surface area contributed by atoms with Crippen LogP contribution in [-0.4, -0.2) is 54.7 Å². The molecule has 158 valence electrons. The van der Waals surface area contributed by atoms with Crippen molar-refractivity contribution < 1.29 is 40.7 Å². The minimum absolute atomic E-state index is 0.0377. The number of esters is 1. The summed E-state index contributed by atoms with van der Waals surface area (Å²) in [6.07, 6.45) is -4.73. The smallest absolute Gasteiger partial charge is 0.422 e. The molecule has 2 aromatic rings. The van der Waals surface area contributed by atoms with E-state index in [4.69, 9.17) is 0 Å². The topological polar surface area (TPSA) is 139 Å². The van der Waals surface area contributed by atoms with Crippen LogP contribution in [-0.2, 0) is 21.8 Å². The Bertz CT molecular complexity index is 1110. The predicted molar refractivity (Wildman–Crippen MR) is 87.9 cm³/mol. The lowest BCUT2D eigenvalue weighted by atomic mass is 10.2. The first kappa shape index (κ1) is 21.9. The Balaban J connectivity index is 2.33. The lowest BCUT2D eigenvalue weighted by Gasteiger charge is -2.09. The molecule has 0 fully saturated rings. The number of carbonyl (C=O) groups is 2. The molecule has 0 radical (unpaired) electrons. The normalized spacial score (nSPS) is 11.8. The van der Waals surface area contributed by atoms with Crippen LogP contribution >= 0.6 is 0 Å². The van der Waals surface area contributed by atoms with Gasteiger partial charge in [-0.15, -0.1) is 9.78 Å². The third-order valence-corrected chi connectivity index (χ3v) is 4.68. The summed E-state index contributed by atoms with van der Waals surface area (Å²) in [5.41, 5.74) is -1.66. The first-order valence-corrected chi connectivity index (χ1v) is 8.96. The zero-order chi connectivity index (χ0) is 22.0. The van der Waals surface area contributed by atoms with Gasteiger partial charge in [0.2, 0.25) is 0 Å². The third kappa shape index (κ3) is 4.92. The highest BCUT2D eigenvalue weighted by molar-refractivity contribution is 7.90. The van der Waals surface area contributed by atoms with Crippen molar-refractivity contribution in [2.24, 2.45) is 7.05 Å². The zero-order valence-electron chi connectivity index (χ0n) is 14.8. The summed E-state index contributed by atoms with van der Waals surface area (Å²) in [7, 11) is -2.70. The van der Waals surface area contributed by atoms with Gasteiger partial charge >= 0.3 is 29.9 Å². The third-order valence-electron chi connectivity index (χ3n) is 3.30. The van der Waals surface area contributed by atoms with E-state index in [1.165, 1.54) is 16.9 Å². The Morgan fingerprint density at radius 1 is 1.24 bits per heavy atom. The minimum Gasteiger partial charge on any atom is -0.465 e. The Morgan fingerprint density at radius 2 is 1.86 bits per heavy atom. The van der Waals surface area contributed by atoms with Crippen molar-refractivity contribution in [2.45, 2.75) is 11.1 Å². The molecule has 1 heterocycles. The summed E-state index contributed by atoms with van der Waals surface area (Å²) in [5, 5.41) is 3.24. The molecule has 1 N–H and O–H groups in total. The zero-order valence-corrected chi connectivity index (χ0v) is 15.6. The second-order valence-electron chi connectivity index (χ2n) is 5.34. The van der Waals surface area contributed by atoms with Crippen LogP contribution < -0.4 is 15.1 Å². The molecule has 0 aliphatic carbocycles. The number of hydrogen-bond donors (Lipinski definition) is 1. The maximum absolute atomic E-state index is 12.4. The average molecular weight is 438 g/mol. The largest absolute Gasteiger partial charge is 0.465 e. The van der Waals surface area contributed by atoms with Gasteiger partial charge < -0.3 is 9.47 Å². The first-order valence-electron chi connectivity index (χ1n) is 7.47. The van der Waals surface area contributed by atoms with Crippen LogP contribution in [0.2, 0.25) is 0 Å². The molecule has 2 rings (SSSR count). The number of benzene rings is 1. The minimum atomic E-state index is -4.73. The van der Waals surface area contributed by atoms with E-state index in [9.17, 15) is 36.0 Å². The van der Waals surface area contributed by atoms with Gasteiger partial charge in [-0.3, -0.25) is 0 Å². The molecular formula is C14H13F3N4O7S. The first-order chi connectivity index (χ1) is 13.4. The highest BCUT2D eigenvalue weighted by atomic mass is 32.2. The van der Waals surface area contributed by atoms with Gasteiger partial charge in [-0.2, -0.15) is 13.2 Å². The number of alkyl halides is 3. The van der Waals surface area contributed by atoms with E-state index in [2.05, 4.69) is 14.6 Å². The van der Waals surface area contributed by atoms with E-state index in [1.807, 2.05) is 0 Å². The maximum atomic E-state index is 12.4. The molecule has 0 unspecified atom stereocenters. The molecule has 29 heavy (non-hydrogen) atoms. The number of hydrogen-bond acceptors (Lipinski definition) is 8. The van der Waals surface area contributed by atoms with Gasteiger partial charge in [-0.1, -0.05) is 12.1 Å². The lowest BCUT2D eigenvalue weighted by Crippen LogP contribution is -2.40. The number of nitrogens with one attached hydrogen (secondary N) is 1. The predicted octanol–water partition coefficient (Wildman–Crippen LogP) is 0.256. The quantitative estimate of drug-likeness (QED) is 0.656. The van der Waals surface area contributed by atoms with E-state index in [0.717, 1.165) is 26.3 Å². The van der Waals surface area contributed by atoms with Gasteiger partial charge in [0, 0.05) is 7.05 Å². The van der Waals surface area contributed by atoms with Gasteiger partial charge in [-0.05, 0) is 12.1 Å². The van der Waals surface area contributed by atoms with E-state index in [1.54, 1.807) is 0 Å². The molecule has 0 bridgehead atoms.